The normalized spacial score (nSPS) is 10.7. The molecule has 0 radical (unpaired) electrons. The molecule has 0 aromatic heterocycles. The van der Waals surface area contributed by atoms with Crippen molar-refractivity contribution < 1.29 is 13.9 Å². The van der Waals surface area contributed by atoms with E-state index >= 15 is 0 Å². The summed E-state index contributed by atoms with van der Waals surface area (Å²) in [6, 6.07) is 4.06. The van der Waals surface area contributed by atoms with Gasteiger partial charge in [0.25, 0.3) is 0 Å². The van der Waals surface area contributed by atoms with Gasteiger partial charge in [0.1, 0.15) is 18.2 Å². The Morgan fingerprint density at radius 2 is 2.07 bits per heavy atom. The van der Waals surface area contributed by atoms with E-state index in [-0.39, 0.29) is 11.9 Å². The molecule has 84 valence electrons. The number of benzene rings is 1. The van der Waals surface area contributed by atoms with Crippen molar-refractivity contribution in [1.29, 1.82) is 0 Å². The van der Waals surface area contributed by atoms with Gasteiger partial charge in [-0.15, -0.1) is 0 Å². The molecule has 2 N–H and O–H groups in total. The molecule has 1 rings (SSSR count). The van der Waals surface area contributed by atoms with E-state index in [9.17, 15) is 4.39 Å². The van der Waals surface area contributed by atoms with Crippen molar-refractivity contribution in [3.05, 3.63) is 24.0 Å². The van der Waals surface area contributed by atoms with Gasteiger partial charge in [0.15, 0.2) is 0 Å². The first-order valence-electron chi connectivity index (χ1n) is 4.89. The molecule has 0 aliphatic heterocycles. The number of ether oxygens (including phenoxy) is 2. The molecule has 0 amide bonds. The predicted octanol–water partition coefficient (Wildman–Crippen LogP) is 2.21. The van der Waals surface area contributed by atoms with Gasteiger partial charge in [-0.25, -0.2) is 4.39 Å². The van der Waals surface area contributed by atoms with Crippen molar-refractivity contribution in [3.63, 3.8) is 0 Å². The zero-order valence-electron chi connectivity index (χ0n) is 9.00. The molecule has 15 heavy (non-hydrogen) atoms. The van der Waals surface area contributed by atoms with Crippen molar-refractivity contribution in [2.45, 2.75) is 20.0 Å². The second-order valence-electron chi connectivity index (χ2n) is 3.45. The average molecular weight is 213 g/mol. The molecule has 0 aliphatic rings. The molecule has 0 heterocycles. The van der Waals surface area contributed by atoms with Gasteiger partial charge >= 0.3 is 0 Å². The zero-order chi connectivity index (χ0) is 11.3. The first-order valence-corrected chi connectivity index (χ1v) is 4.89. The molecule has 0 unspecified atom stereocenters. The van der Waals surface area contributed by atoms with Crippen molar-refractivity contribution in [1.82, 2.24) is 0 Å². The van der Waals surface area contributed by atoms with Crippen LogP contribution in [-0.4, -0.2) is 19.3 Å². The molecule has 1 aromatic carbocycles. The summed E-state index contributed by atoms with van der Waals surface area (Å²) >= 11 is 0. The van der Waals surface area contributed by atoms with E-state index in [0.717, 1.165) is 0 Å². The fourth-order valence-corrected chi connectivity index (χ4v) is 1.09. The van der Waals surface area contributed by atoms with Crippen molar-refractivity contribution in [2.75, 3.05) is 18.9 Å². The summed E-state index contributed by atoms with van der Waals surface area (Å²) in [7, 11) is 0. The monoisotopic (exact) mass is 213 g/mol. The lowest BCUT2D eigenvalue weighted by Gasteiger charge is -2.10. The largest absolute Gasteiger partial charge is 0.489 e. The van der Waals surface area contributed by atoms with Crippen LogP contribution in [0.25, 0.3) is 0 Å². The molecule has 0 fully saturated rings. The summed E-state index contributed by atoms with van der Waals surface area (Å²) in [5, 5.41) is 0. The van der Waals surface area contributed by atoms with E-state index in [0.29, 0.717) is 24.7 Å². The number of halogens is 1. The summed E-state index contributed by atoms with van der Waals surface area (Å²) < 4.78 is 23.3. The van der Waals surface area contributed by atoms with Gasteiger partial charge in [-0.3, -0.25) is 0 Å². The summed E-state index contributed by atoms with van der Waals surface area (Å²) in [6.45, 7) is 4.81. The quantitative estimate of drug-likeness (QED) is 0.602. The SMILES string of the molecule is CC(C)OCCOc1ccc(F)cc1N. The second kappa shape index (κ2) is 5.56. The smallest absolute Gasteiger partial charge is 0.142 e. The first-order chi connectivity index (χ1) is 7.09. The summed E-state index contributed by atoms with van der Waals surface area (Å²) in [5.74, 6) is 0.127. The Morgan fingerprint density at radius 1 is 1.33 bits per heavy atom. The molecule has 1 aromatic rings. The standard InChI is InChI=1S/C11H16FNO2/c1-8(2)14-5-6-15-11-4-3-9(12)7-10(11)13/h3-4,7-8H,5-6,13H2,1-2H3. The number of nitrogen functional groups attached to an aromatic ring is 1. The maximum Gasteiger partial charge on any atom is 0.142 e. The second-order valence-corrected chi connectivity index (χ2v) is 3.45. The zero-order valence-corrected chi connectivity index (χ0v) is 9.00. The summed E-state index contributed by atoms with van der Waals surface area (Å²) in [6.07, 6.45) is 0.180. The van der Waals surface area contributed by atoms with Crippen LogP contribution in [-0.2, 0) is 4.74 Å². The highest BCUT2D eigenvalue weighted by Gasteiger charge is 2.01. The topological polar surface area (TPSA) is 44.5 Å². The van der Waals surface area contributed by atoms with Crippen LogP contribution in [0.15, 0.2) is 18.2 Å². The number of hydrogen-bond acceptors (Lipinski definition) is 3. The van der Waals surface area contributed by atoms with Crippen LogP contribution < -0.4 is 10.5 Å². The number of anilines is 1. The summed E-state index contributed by atoms with van der Waals surface area (Å²) in [5.41, 5.74) is 5.86. The van der Waals surface area contributed by atoms with Gasteiger partial charge in [-0.2, -0.15) is 0 Å². The fraction of sp³-hybridized carbons (Fsp3) is 0.455. The molecular formula is C11H16FNO2. The Kier molecular flexibility index (Phi) is 4.37. The predicted molar refractivity (Wildman–Crippen MR) is 57.4 cm³/mol. The van der Waals surface area contributed by atoms with E-state index in [1.54, 1.807) is 0 Å². The molecule has 4 heteroatoms. The number of nitrogens with two attached hydrogens (primary N) is 1. The van der Waals surface area contributed by atoms with E-state index in [4.69, 9.17) is 15.2 Å². The van der Waals surface area contributed by atoms with Gasteiger partial charge in [0, 0.05) is 6.07 Å². The van der Waals surface area contributed by atoms with Gasteiger partial charge in [0.05, 0.1) is 18.4 Å². The minimum atomic E-state index is -0.363. The van der Waals surface area contributed by atoms with Crippen molar-refractivity contribution in [3.8, 4) is 5.75 Å². The third kappa shape index (κ3) is 4.16. The average Bonchev–Trinajstić information content (AvgIpc) is 2.14. The molecule has 3 nitrogen and oxygen atoms in total. The maximum atomic E-state index is 12.7. The molecule has 0 atom stereocenters. The van der Waals surface area contributed by atoms with Crippen LogP contribution in [0.3, 0.4) is 0 Å². The highest BCUT2D eigenvalue weighted by Crippen LogP contribution is 2.21. The van der Waals surface area contributed by atoms with E-state index in [1.807, 2.05) is 13.8 Å². The molecule has 0 saturated carbocycles. The maximum absolute atomic E-state index is 12.7. The number of rotatable bonds is 5. The third-order valence-electron chi connectivity index (χ3n) is 1.76. The van der Waals surface area contributed by atoms with Crippen LogP contribution in [0.4, 0.5) is 10.1 Å². The fourth-order valence-electron chi connectivity index (χ4n) is 1.09. The van der Waals surface area contributed by atoms with Crippen LogP contribution in [0.5, 0.6) is 5.75 Å². The van der Waals surface area contributed by atoms with Gasteiger partial charge in [-0.05, 0) is 26.0 Å². The van der Waals surface area contributed by atoms with Crippen LogP contribution in [0, 0.1) is 5.82 Å². The lowest BCUT2D eigenvalue weighted by Crippen LogP contribution is -2.11. The highest BCUT2D eigenvalue weighted by atomic mass is 19.1. The number of hydrogen-bond donors (Lipinski definition) is 1. The van der Waals surface area contributed by atoms with Crippen molar-refractivity contribution >= 4 is 5.69 Å². The molecule has 0 aliphatic carbocycles. The van der Waals surface area contributed by atoms with E-state index in [1.165, 1.54) is 18.2 Å². The van der Waals surface area contributed by atoms with Gasteiger partial charge in [0.2, 0.25) is 0 Å². The van der Waals surface area contributed by atoms with E-state index < -0.39 is 0 Å². The Bertz CT molecular complexity index is 315. The summed E-state index contributed by atoms with van der Waals surface area (Å²) in [4.78, 5) is 0. The van der Waals surface area contributed by atoms with Crippen molar-refractivity contribution in [2.24, 2.45) is 0 Å². The minimum absolute atomic E-state index is 0.180. The Hall–Kier alpha value is -1.29. The van der Waals surface area contributed by atoms with Gasteiger partial charge in [-0.1, -0.05) is 0 Å². The molecule has 0 saturated heterocycles. The Morgan fingerprint density at radius 3 is 2.67 bits per heavy atom. The van der Waals surface area contributed by atoms with Crippen LogP contribution >= 0.6 is 0 Å². The third-order valence-corrected chi connectivity index (χ3v) is 1.76. The first kappa shape index (κ1) is 11.8. The lowest BCUT2D eigenvalue weighted by molar-refractivity contribution is 0.0554. The van der Waals surface area contributed by atoms with Crippen LogP contribution in [0.2, 0.25) is 0 Å². The molecular weight excluding hydrogens is 197 g/mol. The Balaban J connectivity index is 2.37. The Labute approximate surface area is 89.0 Å². The van der Waals surface area contributed by atoms with Crippen LogP contribution in [0.1, 0.15) is 13.8 Å². The highest BCUT2D eigenvalue weighted by molar-refractivity contribution is 5.52. The van der Waals surface area contributed by atoms with E-state index in [2.05, 4.69) is 0 Å². The lowest BCUT2D eigenvalue weighted by atomic mass is 10.3. The minimum Gasteiger partial charge on any atom is -0.489 e. The molecule has 0 spiro atoms. The molecule has 0 bridgehead atoms. The van der Waals surface area contributed by atoms with Gasteiger partial charge < -0.3 is 15.2 Å².